The molecule has 0 spiro atoms. The molecule has 4 aromatic rings. The van der Waals surface area contributed by atoms with E-state index in [-0.39, 0.29) is 17.1 Å². The van der Waals surface area contributed by atoms with Crippen LogP contribution in [-0.4, -0.2) is 10.8 Å². The Morgan fingerprint density at radius 1 is 0.896 bits per heavy atom. The van der Waals surface area contributed by atoms with Crippen molar-refractivity contribution in [2.45, 2.75) is 64.6 Å². The minimum atomic E-state index is -0.116. The number of rotatable bonds is 4. The van der Waals surface area contributed by atoms with Gasteiger partial charge < -0.3 is 5.32 Å². The van der Waals surface area contributed by atoms with E-state index < -0.39 is 0 Å². The van der Waals surface area contributed by atoms with Gasteiger partial charge in [-0.25, -0.2) is 4.99 Å². The van der Waals surface area contributed by atoms with E-state index in [1.165, 1.54) is 49.8 Å². The summed E-state index contributed by atoms with van der Waals surface area (Å²) in [7, 11) is 0. The molecule has 0 bridgehead atoms. The highest BCUT2D eigenvalue weighted by molar-refractivity contribution is 7.12. The SMILES string of the molecule is CC1CC=Cc2c1sc1c2C=CC(C)(C2C=CC=C(C3=CC=[NH+]C(n4c5ccccc5c5ccc(C6(C)C=CC=CC6)cc54)N3)C2C)C1. The van der Waals surface area contributed by atoms with Crippen LogP contribution in [0, 0.1) is 17.3 Å². The zero-order valence-electron chi connectivity index (χ0n) is 28.3. The van der Waals surface area contributed by atoms with Crippen molar-refractivity contribution in [1.82, 2.24) is 9.88 Å². The quantitative estimate of drug-likeness (QED) is 0.228. The highest BCUT2D eigenvalue weighted by atomic mass is 32.1. The molecule has 6 atom stereocenters. The van der Waals surface area contributed by atoms with Crippen LogP contribution in [0.3, 0.4) is 0 Å². The van der Waals surface area contributed by atoms with Crippen molar-refractivity contribution in [1.29, 1.82) is 0 Å². The van der Waals surface area contributed by atoms with Crippen molar-refractivity contribution >= 4 is 51.5 Å². The van der Waals surface area contributed by atoms with E-state index in [9.17, 15) is 0 Å². The first kappa shape index (κ1) is 29.7. The summed E-state index contributed by atoms with van der Waals surface area (Å²) in [5.74, 6) is 1.39. The van der Waals surface area contributed by atoms with Crippen LogP contribution in [0.15, 0.2) is 114 Å². The summed E-state index contributed by atoms with van der Waals surface area (Å²) in [6.45, 7) is 9.63. The first-order valence-corrected chi connectivity index (χ1v) is 18.5. The minimum Gasteiger partial charge on any atom is -0.309 e. The number of para-hydroxylation sites is 1. The second-order valence-corrected chi connectivity index (χ2v) is 16.2. The van der Waals surface area contributed by atoms with Crippen molar-refractivity contribution in [3.63, 3.8) is 0 Å². The molecule has 4 heteroatoms. The summed E-state index contributed by atoms with van der Waals surface area (Å²) in [5, 5.41) is 6.54. The lowest BCUT2D eigenvalue weighted by Gasteiger charge is -2.41. The van der Waals surface area contributed by atoms with Gasteiger partial charge in [0.15, 0.2) is 6.21 Å². The number of hydrogen-bond acceptors (Lipinski definition) is 2. The third kappa shape index (κ3) is 4.56. The van der Waals surface area contributed by atoms with E-state index in [4.69, 9.17) is 0 Å². The number of thiophene rings is 1. The summed E-state index contributed by atoms with van der Waals surface area (Å²) in [6, 6.07) is 15.9. The van der Waals surface area contributed by atoms with Crippen LogP contribution in [-0.2, 0) is 11.8 Å². The molecule has 0 saturated carbocycles. The Morgan fingerprint density at radius 3 is 2.65 bits per heavy atom. The third-order valence-electron chi connectivity index (χ3n) is 11.9. The Kier molecular flexibility index (Phi) is 6.85. The first-order chi connectivity index (χ1) is 23.3. The summed E-state index contributed by atoms with van der Waals surface area (Å²) in [6.07, 6.45) is 33.3. The van der Waals surface area contributed by atoms with Crippen LogP contribution in [0.1, 0.15) is 79.2 Å². The minimum absolute atomic E-state index is 0.0135. The second-order valence-electron chi connectivity index (χ2n) is 15.1. The fourth-order valence-corrected chi connectivity index (χ4v) is 10.6. The Bertz CT molecular complexity index is 2230. The molecule has 0 amide bonds. The van der Waals surface area contributed by atoms with Crippen LogP contribution in [0.4, 0.5) is 0 Å². The van der Waals surface area contributed by atoms with Gasteiger partial charge in [-0.3, -0.25) is 4.57 Å². The lowest BCUT2D eigenvalue weighted by atomic mass is 9.63. The maximum Gasteiger partial charge on any atom is 0.311 e. The van der Waals surface area contributed by atoms with E-state index in [1.807, 2.05) is 0 Å². The molecule has 6 unspecified atom stereocenters. The molecule has 4 aliphatic carbocycles. The Balaban J connectivity index is 1.03. The molecule has 2 aromatic heterocycles. The van der Waals surface area contributed by atoms with Gasteiger partial charge in [0.2, 0.25) is 0 Å². The number of benzene rings is 2. The van der Waals surface area contributed by atoms with Crippen LogP contribution in [0.5, 0.6) is 0 Å². The highest BCUT2D eigenvalue weighted by Crippen LogP contribution is 2.51. The average molecular weight is 647 g/mol. The van der Waals surface area contributed by atoms with Crippen molar-refractivity contribution in [2.75, 3.05) is 0 Å². The van der Waals surface area contributed by atoms with Gasteiger partial charge in [-0.1, -0.05) is 125 Å². The average Bonchev–Trinajstić information content (AvgIpc) is 3.64. The molecule has 2 N–H and O–H groups in total. The van der Waals surface area contributed by atoms with Gasteiger partial charge >= 0.3 is 6.29 Å². The fourth-order valence-electron chi connectivity index (χ4n) is 9.05. The summed E-state index contributed by atoms with van der Waals surface area (Å²) in [4.78, 5) is 6.82. The number of hydrogen-bond donors (Lipinski definition) is 2. The van der Waals surface area contributed by atoms with E-state index in [0.29, 0.717) is 17.8 Å². The van der Waals surface area contributed by atoms with E-state index in [1.54, 1.807) is 9.75 Å². The third-order valence-corrected chi connectivity index (χ3v) is 13.3. The van der Waals surface area contributed by atoms with Crippen molar-refractivity contribution in [3.05, 3.63) is 141 Å². The standard InChI is InChI=1S/C44H43N3S/c1-28-12-10-15-35-34-20-24-44(4,27-40(34)48-41(28)35)36-16-11-14-31(29(36)2)37-21-25-45-42(46-37)47-38-17-7-6-13-32(38)33-19-18-30(26-39(33)47)43(3)22-8-5-9-23-43/h5-11,13-22,24-26,28-29,36,42,46H,12,23,27H2,1-4H3/p+1. The molecule has 0 fully saturated rings. The van der Waals surface area contributed by atoms with E-state index in [2.05, 4.69) is 175 Å². The molecule has 3 nitrogen and oxygen atoms in total. The number of nitrogens with one attached hydrogen (secondary N) is 2. The van der Waals surface area contributed by atoms with Crippen LogP contribution in [0.2, 0.25) is 0 Å². The predicted octanol–water partition coefficient (Wildman–Crippen LogP) is 9.27. The smallest absolute Gasteiger partial charge is 0.309 e. The Hall–Kier alpha value is -4.41. The van der Waals surface area contributed by atoms with Gasteiger partial charge in [0.25, 0.3) is 0 Å². The summed E-state index contributed by atoms with van der Waals surface area (Å²) in [5.41, 5.74) is 9.39. The van der Waals surface area contributed by atoms with Crippen molar-refractivity contribution < 1.29 is 4.99 Å². The Labute approximate surface area is 288 Å². The first-order valence-electron chi connectivity index (χ1n) is 17.7. The van der Waals surface area contributed by atoms with Crippen LogP contribution in [0.25, 0.3) is 34.0 Å². The molecule has 0 radical (unpaired) electrons. The lowest BCUT2D eigenvalue weighted by molar-refractivity contribution is -0.532. The number of aromatic nitrogens is 1. The molecular weight excluding hydrogens is 603 g/mol. The maximum absolute atomic E-state index is 3.97. The summed E-state index contributed by atoms with van der Waals surface area (Å²) < 4.78 is 2.46. The van der Waals surface area contributed by atoms with Crippen LogP contribution < -0.4 is 10.3 Å². The zero-order chi connectivity index (χ0) is 32.6. The molecule has 240 valence electrons. The van der Waals surface area contributed by atoms with Crippen molar-refractivity contribution in [2.24, 2.45) is 17.3 Å². The van der Waals surface area contributed by atoms with Gasteiger partial charge in [0.05, 0.1) is 16.7 Å². The monoisotopic (exact) mass is 646 g/mol. The fraction of sp³-hybridized carbons (Fsp3) is 0.295. The number of allylic oxidation sites excluding steroid dienone is 11. The van der Waals surface area contributed by atoms with Gasteiger partial charge in [0.1, 0.15) is 0 Å². The molecule has 0 saturated heterocycles. The normalized spacial score (nSPS) is 30.3. The van der Waals surface area contributed by atoms with Crippen LogP contribution >= 0.6 is 11.3 Å². The lowest BCUT2D eigenvalue weighted by Crippen LogP contribution is -2.77. The summed E-state index contributed by atoms with van der Waals surface area (Å²) >= 11 is 2.06. The molecular formula is C44H44N3S+. The zero-order valence-corrected chi connectivity index (χ0v) is 29.1. The molecule has 2 aromatic carbocycles. The number of fused-ring (bicyclic) bond motifs is 6. The molecule has 3 heterocycles. The van der Waals surface area contributed by atoms with Gasteiger partial charge in [-0.05, 0) is 76.8 Å². The topological polar surface area (TPSA) is 30.9 Å². The van der Waals surface area contributed by atoms with E-state index >= 15 is 0 Å². The Morgan fingerprint density at radius 2 is 1.77 bits per heavy atom. The largest absolute Gasteiger partial charge is 0.311 e. The highest BCUT2D eigenvalue weighted by Gasteiger charge is 2.41. The van der Waals surface area contributed by atoms with E-state index in [0.717, 1.165) is 19.3 Å². The molecule has 9 rings (SSSR count). The predicted molar refractivity (Wildman–Crippen MR) is 204 cm³/mol. The number of nitrogens with zero attached hydrogens (tertiary/aromatic N) is 1. The molecule has 5 aliphatic rings. The maximum atomic E-state index is 3.97. The van der Waals surface area contributed by atoms with Crippen molar-refractivity contribution in [3.8, 4) is 0 Å². The van der Waals surface area contributed by atoms with Gasteiger partial charge in [0, 0.05) is 32.0 Å². The molecule has 48 heavy (non-hydrogen) atoms. The van der Waals surface area contributed by atoms with Gasteiger partial charge in [-0.2, -0.15) is 0 Å². The van der Waals surface area contributed by atoms with Gasteiger partial charge in [-0.15, -0.1) is 11.3 Å². The molecule has 1 aliphatic heterocycles. The second kappa shape index (κ2) is 11.1.